The van der Waals surface area contributed by atoms with Crippen LogP contribution in [0.25, 0.3) is 6.08 Å². The zero-order valence-corrected chi connectivity index (χ0v) is 13.3. The maximum Gasteiger partial charge on any atom is 0.223 e. The summed E-state index contributed by atoms with van der Waals surface area (Å²) in [6.45, 7) is 1.53. The normalized spacial score (nSPS) is 13.7. The van der Waals surface area contributed by atoms with E-state index in [0.29, 0.717) is 11.1 Å². The average molecular weight is 331 g/mol. The van der Waals surface area contributed by atoms with Gasteiger partial charge in [0.15, 0.2) is 0 Å². The Labute approximate surface area is 139 Å². The Morgan fingerprint density at radius 2 is 1.83 bits per heavy atom. The lowest BCUT2D eigenvalue weighted by atomic mass is 9.96. The van der Waals surface area contributed by atoms with Crippen molar-refractivity contribution in [2.45, 2.75) is 18.9 Å². The van der Waals surface area contributed by atoms with Crippen molar-refractivity contribution < 1.29 is 18.7 Å². The van der Waals surface area contributed by atoms with Crippen LogP contribution in [0.5, 0.6) is 0 Å². The molecule has 0 radical (unpaired) electrons. The van der Waals surface area contributed by atoms with E-state index in [9.17, 15) is 18.7 Å². The second-order valence-corrected chi connectivity index (χ2v) is 5.69. The Kier molecular flexibility index (Phi) is 5.82. The highest BCUT2D eigenvalue weighted by molar-refractivity contribution is 5.78. The predicted molar refractivity (Wildman–Crippen MR) is 89.0 cm³/mol. The van der Waals surface area contributed by atoms with Gasteiger partial charge in [0.25, 0.3) is 0 Å². The van der Waals surface area contributed by atoms with E-state index < -0.39 is 11.4 Å². The minimum atomic E-state index is -1.31. The standard InChI is InChI=1S/C19H19F2NO2/c1-19(24,15-9-11-16(20)12-10-15)13-22-18(23)8-4-6-14-5-2-3-7-17(14)21/h2-7,9-12,24H,8,13H2,1H3,(H,22,23)/b6-4+. The fourth-order valence-electron chi connectivity index (χ4n) is 2.16. The molecule has 24 heavy (non-hydrogen) atoms. The second kappa shape index (κ2) is 7.84. The SMILES string of the molecule is CC(O)(CNC(=O)C/C=C/c1ccccc1F)c1ccc(F)cc1. The van der Waals surface area contributed by atoms with Crippen molar-refractivity contribution in [1.29, 1.82) is 0 Å². The summed E-state index contributed by atoms with van der Waals surface area (Å²) in [7, 11) is 0. The number of aliphatic hydroxyl groups is 1. The Balaban J connectivity index is 1.86. The van der Waals surface area contributed by atoms with Gasteiger partial charge in [0.1, 0.15) is 17.2 Å². The van der Waals surface area contributed by atoms with Gasteiger partial charge in [0, 0.05) is 12.0 Å². The molecule has 2 rings (SSSR count). The van der Waals surface area contributed by atoms with Crippen LogP contribution in [0.3, 0.4) is 0 Å². The van der Waals surface area contributed by atoms with Gasteiger partial charge in [-0.1, -0.05) is 42.5 Å². The maximum atomic E-state index is 13.4. The van der Waals surface area contributed by atoms with E-state index in [1.165, 1.54) is 43.3 Å². The van der Waals surface area contributed by atoms with Gasteiger partial charge in [-0.2, -0.15) is 0 Å². The molecule has 1 amide bonds. The van der Waals surface area contributed by atoms with Crippen LogP contribution in [0.15, 0.2) is 54.6 Å². The third-order valence-corrected chi connectivity index (χ3v) is 3.60. The number of hydrogen-bond donors (Lipinski definition) is 2. The molecule has 3 nitrogen and oxygen atoms in total. The first-order chi connectivity index (χ1) is 11.4. The first kappa shape index (κ1) is 17.8. The van der Waals surface area contributed by atoms with Crippen LogP contribution in [0, 0.1) is 11.6 Å². The molecule has 1 atom stereocenters. The van der Waals surface area contributed by atoms with E-state index in [4.69, 9.17) is 0 Å². The number of carbonyl (C=O) groups is 1. The topological polar surface area (TPSA) is 49.3 Å². The van der Waals surface area contributed by atoms with Gasteiger partial charge in [0.05, 0.1) is 6.54 Å². The summed E-state index contributed by atoms with van der Waals surface area (Å²) in [5, 5.41) is 13.0. The fourth-order valence-corrected chi connectivity index (χ4v) is 2.16. The lowest BCUT2D eigenvalue weighted by Crippen LogP contribution is -2.38. The summed E-state index contributed by atoms with van der Waals surface area (Å²) in [5.74, 6) is -1.05. The van der Waals surface area contributed by atoms with Gasteiger partial charge in [-0.3, -0.25) is 4.79 Å². The van der Waals surface area contributed by atoms with Crippen LogP contribution < -0.4 is 5.32 Å². The van der Waals surface area contributed by atoms with E-state index >= 15 is 0 Å². The Morgan fingerprint density at radius 3 is 2.50 bits per heavy atom. The minimum absolute atomic E-state index is 0.00892. The highest BCUT2D eigenvalue weighted by Gasteiger charge is 2.23. The van der Waals surface area contributed by atoms with E-state index in [1.807, 2.05) is 0 Å². The molecule has 1 unspecified atom stereocenters. The van der Waals surface area contributed by atoms with Crippen LogP contribution >= 0.6 is 0 Å². The van der Waals surface area contributed by atoms with E-state index in [1.54, 1.807) is 24.3 Å². The van der Waals surface area contributed by atoms with Gasteiger partial charge in [0.2, 0.25) is 5.91 Å². The molecule has 2 aromatic carbocycles. The third-order valence-electron chi connectivity index (χ3n) is 3.60. The van der Waals surface area contributed by atoms with Gasteiger partial charge < -0.3 is 10.4 Å². The minimum Gasteiger partial charge on any atom is -0.384 e. The van der Waals surface area contributed by atoms with Crippen LogP contribution in [-0.2, 0) is 10.4 Å². The fraction of sp³-hybridized carbons (Fsp3) is 0.211. The first-order valence-electron chi connectivity index (χ1n) is 7.55. The molecule has 0 aliphatic rings. The molecular weight excluding hydrogens is 312 g/mol. The number of amides is 1. The summed E-state index contributed by atoms with van der Waals surface area (Å²) < 4.78 is 26.3. The molecule has 0 aliphatic heterocycles. The smallest absolute Gasteiger partial charge is 0.223 e. The molecule has 0 aromatic heterocycles. The van der Waals surface area contributed by atoms with E-state index in [0.717, 1.165) is 0 Å². The highest BCUT2D eigenvalue weighted by Crippen LogP contribution is 2.19. The number of nitrogens with one attached hydrogen (secondary N) is 1. The van der Waals surface area contributed by atoms with Crippen molar-refractivity contribution in [2.75, 3.05) is 6.54 Å². The molecule has 0 saturated heterocycles. The quantitative estimate of drug-likeness (QED) is 0.852. The summed E-state index contributed by atoms with van der Waals surface area (Å²) in [6.07, 6.45) is 3.15. The molecule has 0 spiro atoms. The van der Waals surface area contributed by atoms with Gasteiger partial charge >= 0.3 is 0 Å². The molecule has 2 aromatic rings. The van der Waals surface area contributed by atoms with Crippen molar-refractivity contribution in [3.05, 3.63) is 77.4 Å². The Bertz CT molecular complexity index is 724. The van der Waals surface area contributed by atoms with Crippen LogP contribution in [0.1, 0.15) is 24.5 Å². The van der Waals surface area contributed by atoms with Gasteiger partial charge in [-0.25, -0.2) is 8.78 Å². The lowest BCUT2D eigenvalue weighted by molar-refractivity contribution is -0.121. The summed E-state index contributed by atoms with van der Waals surface area (Å²) >= 11 is 0. The molecule has 2 N–H and O–H groups in total. The molecule has 0 bridgehead atoms. The molecule has 0 saturated carbocycles. The number of benzene rings is 2. The molecule has 0 aliphatic carbocycles. The lowest BCUT2D eigenvalue weighted by Gasteiger charge is -2.24. The van der Waals surface area contributed by atoms with Gasteiger partial charge in [-0.15, -0.1) is 0 Å². The zero-order chi connectivity index (χ0) is 17.6. The van der Waals surface area contributed by atoms with E-state index in [2.05, 4.69) is 5.32 Å². The molecular formula is C19H19F2NO2. The zero-order valence-electron chi connectivity index (χ0n) is 13.3. The number of halogens is 2. The third kappa shape index (κ3) is 4.99. The maximum absolute atomic E-state index is 13.4. The van der Waals surface area contributed by atoms with Crippen LogP contribution in [0.2, 0.25) is 0 Å². The van der Waals surface area contributed by atoms with Gasteiger partial charge in [-0.05, 0) is 30.7 Å². The summed E-state index contributed by atoms with van der Waals surface area (Å²) in [6, 6.07) is 11.7. The summed E-state index contributed by atoms with van der Waals surface area (Å²) in [5.41, 5.74) is -0.395. The van der Waals surface area contributed by atoms with Crippen LogP contribution in [-0.4, -0.2) is 17.6 Å². The average Bonchev–Trinajstić information content (AvgIpc) is 2.55. The Hall–Kier alpha value is -2.53. The van der Waals surface area contributed by atoms with Crippen LogP contribution in [0.4, 0.5) is 8.78 Å². The number of hydrogen-bond acceptors (Lipinski definition) is 2. The van der Waals surface area contributed by atoms with Crippen molar-refractivity contribution in [1.82, 2.24) is 5.32 Å². The number of carbonyl (C=O) groups excluding carboxylic acids is 1. The largest absolute Gasteiger partial charge is 0.384 e. The van der Waals surface area contributed by atoms with E-state index in [-0.39, 0.29) is 24.7 Å². The van der Waals surface area contributed by atoms with Crippen molar-refractivity contribution in [3.63, 3.8) is 0 Å². The first-order valence-corrected chi connectivity index (χ1v) is 7.55. The second-order valence-electron chi connectivity index (χ2n) is 5.69. The highest BCUT2D eigenvalue weighted by atomic mass is 19.1. The summed E-state index contributed by atoms with van der Waals surface area (Å²) in [4.78, 5) is 11.8. The van der Waals surface area contributed by atoms with Crippen molar-refractivity contribution in [2.24, 2.45) is 0 Å². The molecule has 0 fully saturated rings. The molecule has 126 valence electrons. The predicted octanol–water partition coefficient (Wildman–Crippen LogP) is 3.39. The van der Waals surface area contributed by atoms with Crippen molar-refractivity contribution >= 4 is 12.0 Å². The Morgan fingerprint density at radius 1 is 1.17 bits per heavy atom. The molecule has 0 heterocycles. The molecule has 5 heteroatoms. The number of rotatable bonds is 6. The monoisotopic (exact) mass is 331 g/mol. The van der Waals surface area contributed by atoms with Crippen molar-refractivity contribution in [3.8, 4) is 0 Å².